The quantitative estimate of drug-likeness (QED) is 0.715. The molecule has 0 unspecified atom stereocenters. The van der Waals surface area contributed by atoms with E-state index in [0.29, 0.717) is 0 Å². The monoisotopic (exact) mass is 310 g/mol. The Morgan fingerprint density at radius 3 is 2.73 bits per heavy atom. The maximum absolute atomic E-state index is 4.60. The van der Waals surface area contributed by atoms with E-state index in [0.717, 1.165) is 28.3 Å². The average Bonchev–Trinajstić information content (AvgIpc) is 3.16. The molecule has 112 valence electrons. The summed E-state index contributed by atoms with van der Waals surface area (Å²) in [6.45, 7) is 4.86. The van der Waals surface area contributed by atoms with Gasteiger partial charge in [-0.2, -0.15) is 5.10 Å². The van der Waals surface area contributed by atoms with E-state index in [2.05, 4.69) is 51.6 Å². The highest BCUT2D eigenvalue weighted by molar-refractivity contribution is 7.07. The second-order valence-corrected chi connectivity index (χ2v) is 5.76. The summed E-state index contributed by atoms with van der Waals surface area (Å²) in [7, 11) is 0. The lowest BCUT2D eigenvalue weighted by Crippen LogP contribution is -2.12. The van der Waals surface area contributed by atoms with Gasteiger partial charge in [-0.25, -0.2) is 4.68 Å². The van der Waals surface area contributed by atoms with Crippen molar-refractivity contribution in [2.24, 2.45) is 10.1 Å². The molecule has 0 aliphatic carbocycles. The van der Waals surface area contributed by atoms with E-state index >= 15 is 0 Å². The number of aryl methyl sites for hydroxylation is 1. The van der Waals surface area contributed by atoms with Crippen molar-refractivity contribution >= 4 is 17.6 Å². The van der Waals surface area contributed by atoms with Gasteiger partial charge in [0, 0.05) is 23.7 Å². The Morgan fingerprint density at radius 1 is 1.23 bits per heavy atom. The number of nitrogens with zero attached hydrogens (tertiary/aromatic N) is 3. The maximum atomic E-state index is 4.60. The minimum atomic E-state index is 0.742. The number of thiazole rings is 1. The van der Waals surface area contributed by atoms with Crippen LogP contribution >= 0.6 is 11.3 Å². The van der Waals surface area contributed by atoms with Crippen molar-refractivity contribution in [1.82, 2.24) is 9.66 Å². The second kappa shape index (κ2) is 6.58. The van der Waals surface area contributed by atoms with E-state index in [-0.39, 0.29) is 0 Å². The molecule has 0 amide bonds. The zero-order chi connectivity index (χ0) is 15.4. The Hall–Kier alpha value is -2.40. The molecular formula is C17H18N4S. The molecule has 0 spiro atoms. The van der Waals surface area contributed by atoms with Crippen molar-refractivity contribution in [2.75, 3.05) is 6.54 Å². The molecule has 0 bridgehead atoms. The van der Waals surface area contributed by atoms with Crippen LogP contribution in [-0.4, -0.2) is 22.4 Å². The SMILES string of the molecule is CCN=c1scc(-c2ccc(C)cc2)n1N=Cc1ccc[nH]1. The fraction of sp³-hybridized carbons (Fsp3) is 0.176. The van der Waals surface area contributed by atoms with E-state index in [1.54, 1.807) is 11.3 Å². The van der Waals surface area contributed by atoms with E-state index in [9.17, 15) is 0 Å². The molecule has 3 aromatic rings. The minimum Gasteiger partial charge on any atom is -0.360 e. The third kappa shape index (κ3) is 3.09. The van der Waals surface area contributed by atoms with Gasteiger partial charge in [-0.3, -0.25) is 4.99 Å². The molecule has 0 fully saturated rings. The second-order valence-electron chi connectivity index (χ2n) is 4.93. The maximum Gasteiger partial charge on any atom is 0.206 e. The van der Waals surface area contributed by atoms with Crippen LogP contribution in [0, 0.1) is 6.92 Å². The topological polar surface area (TPSA) is 45.4 Å². The molecule has 0 aliphatic rings. The molecule has 0 saturated carbocycles. The van der Waals surface area contributed by atoms with E-state index in [1.165, 1.54) is 5.56 Å². The summed E-state index contributed by atoms with van der Waals surface area (Å²) < 4.78 is 1.90. The largest absolute Gasteiger partial charge is 0.360 e. The van der Waals surface area contributed by atoms with Gasteiger partial charge in [0.1, 0.15) is 0 Å². The highest BCUT2D eigenvalue weighted by Gasteiger charge is 2.06. The number of benzene rings is 1. The number of rotatable bonds is 4. The van der Waals surface area contributed by atoms with Gasteiger partial charge in [0.15, 0.2) is 0 Å². The van der Waals surface area contributed by atoms with Crippen LogP contribution in [0.25, 0.3) is 11.3 Å². The lowest BCUT2D eigenvalue weighted by atomic mass is 10.1. The Bertz CT molecular complexity index is 820. The lowest BCUT2D eigenvalue weighted by molar-refractivity contribution is 0.832. The highest BCUT2D eigenvalue weighted by Crippen LogP contribution is 2.20. The van der Waals surface area contributed by atoms with Crippen molar-refractivity contribution in [3.63, 3.8) is 0 Å². The van der Waals surface area contributed by atoms with Crippen LogP contribution < -0.4 is 4.80 Å². The Balaban J connectivity index is 2.07. The van der Waals surface area contributed by atoms with E-state index in [4.69, 9.17) is 0 Å². The summed E-state index contributed by atoms with van der Waals surface area (Å²) in [5, 5.41) is 6.71. The van der Waals surface area contributed by atoms with Gasteiger partial charge in [0.05, 0.1) is 17.6 Å². The van der Waals surface area contributed by atoms with Crippen LogP contribution in [-0.2, 0) is 0 Å². The van der Waals surface area contributed by atoms with E-state index < -0.39 is 0 Å². The molecule has 4 nitrogen and oxygen atoms in total. The lowest BCUT2D eigenvalue weighted by Gasteiger charge is -2.03. The number of aromatic amines is 1. The summed E-state index contributed by atoms with van der Waals surface area (Å²) >= 11 is 1.61. The third-order valence-corrected chi connectivity index (χ3v) is 4.11. The smallest absolute Gasteiger partial charge is 0.206 e. The van der Waals surface area contributed by atoms with Gasteiger partial charge in [0.2, 0.25) is 4.80 Å². The standard InChI is InChI=1S/C17H18N4S/c1-3-18-17-21(20-11-15-5-4-10-19-15)16(12-22-17)14-8-6-13(2)7-9-14/h4-12,19H,3H2,1-2H3. The Labute approximate surface area is 133 Å². The van der Waals surface area contributed by atoms with Crippen LogP contribution in [0.15, 0.2) is 58.1 Å². The predicted octanol–water partition coefficient (Wildman–Crippen LogP) is 3.66. The average molecular weight is 310 g/mol. The van der Waals surface area contributed by atoms with Crippen LogP contribution in [0.1, 0.15) is 18.2 Å². The summed E-state index contributed by atoms with van der Waals surface area (Å²) in [5.41, 5.74) is 4.41. The van der Waals surface area contributed by atoms with Gasteiger partial charge in [-0.15, -0.1) is 11.3 Å². The van der Waals surface area contributed by atoms with Gasteiger partial charge in [-0.05, 0) is 26.0 Å². The molecule has 2 heterocycles. The number of hydrogen-bond donors (Lipinski definition) is 1. The first-order valence-corrected chi connectivity index (χ1v) is 8.11. The molecule has 5 heteroatoms. The summed E-state index contributed by atoms with van der Waals surface area (Å²) in [5.74, 6) is 0. The fourth-order valence-corrected chi connectivity index (χ4v) is 3.02. The number of H-pyrrole nitrogens is 1. The number of nitrogens with one attached hydrogen (secondary N) is 1. The molecule has 22 heavy (non-hydrogen) atoms. The van der Waals surface area contributed by atoms with E-state index in [1.807, 2.05) is 36.1 Å². The molecule has 0 radical (unpaired) electrons. The molecular weight excluding hydrogens is 292 g/mol. The van der Waals surface area contributed by atoms with Crippen molar-refractivity contribution in [1.29, 1.82) is 0 Å². The fourth-order valence-electron chi connectivity index (χ4n) is 2.12. The van der Waals surface area contributed by atoms with Crippen LogP contribution in [0.5, 0.6) is 0 Å². The van der Waals surface area contributed by atoms with Crippen molar-refractivity contribution in [2.45, 2.75) is 13.8 Å². The molecule has 1 aromatic carbocycles. The predicted molar refractivity (Wildman–Crippen MR) is 92.4 cm³/mol. The molecule has 0 atom stereocenters. The first-order valence-electron chi connectivity index (χ1n) is 7.23. The van der Waals surface area contributed by atoms with Crippen molar-refractivity contribution < 1.29 is 0 Å². The van der Waals surface area contributed by atoms with Crippen LogP contribution in [0.2, 0.25) is 0 Å². The molecule has 0 aliphatic heterocycles. The Morgan fingerprint density at radius 2 is 2.05 bits per heavy atom. The number of aromatic nitrogens is 2. The normalized spacial score (nSPS) is 12.4. The molecule has 3 rings (SSSR count). The van der Waals surface area contributed by atoms with Gasteiger partial charge in [0.25, 0.3) is 0 Å². The van der Waals surface area contributed by atoms with Gasteiger partial charge < -0.3 is 4.98 Å². The summed E-state index contributed by atoms with van der Waals surface area (Å²) in [6, 6.07) is 12.4. The van der Waals surface area contributed by atoms with Gasteiger partial charge >= 0.3 is 0 Å². The van der Waals surface area contributed by atoms with Gasteiger partial charge in [-0.1, -0.05) is 29.8 Å². The summed E-state index contributed by atoms with van der Waals surface area (Å²) in [4.78, 5) is 8.56. The third-order valence-electron chi connectivity index (χ3n) is 3.26. The first kappa shape index (κ1) is 14.5. The summed E-state index contributed by atoms with van der Waals surface area (Å²) in [6.07, 6.45) is 3.71. The number of hydrogen-bond acceptors (Lipinski definition) is 3. The first-order chi connectivity index (χ1) is 10.8. The zero-order valence-corrected chi connectivity index (χ0v) is 13.5. The molecule has 2 aromatic heterocycles. The molecule has 1 N–H and O–H groups in total. The Kier molecular flexibility index (Phi) is 4.34. The van der Waals surface area contributed by atoms with Crippen LogP contribution in [0.3, 0.4) is 0 Å². The minimum absolute atomic E-state index is 0.742. The van der Waals surface area contributed by atoms with Crippen molar-refractivity contribution in [3.8, 4) is 11.3 Å². The van der Waals surface area contributed by atoms with Crippen molar-refractivity contribution in [3.05, 3.63) is 64.0 Å². The molecule has 0 saturated heterocycles. The highest BCUT2D eigenvalue weighted by atomic mass is 32.1. The zero-order valence-electron chi connectivity index (χ0n) is 12.7. The van der Waals surface area contributed by atoms with Crippen LogP contribution in [0.4, 0.5) is 0 Å².